The number of alkyl halides is 2. The molecule has 0 aliphatic carbocycles. The second-order valence-corrected chi connectivity index (χ2v) is 8.54. The van der Waals surface area contributed by atoms with E-state index in [0.717, 1.165) is 21.5 Å². The van der Waals surface area contributed by atoms with E-state index in [1.807, 2.05) is 25.1 Å². The number of aromatic nitrogens is 2. The summed E-state index contributed by atoms with van der Waals surface area (Å²) in [6.45, 7) is 3.13. The first kappa shape index (κ1) is 20.8. The molecule has 0 spiro atoms. The smallest absolute Gasteiger partial charge is 0.252 e. The Bertz CT molecular complexity index is 1030. The number of amides is 1. The topological polar surface area (TPSA) is 58.1 Å². The number of nitrogens with zero attached hydrogens (tertiary/aromatic N) is 3. The van der Waals surface area contributed by atoms with Crippen molar-refractivity contribution >= 4 is 28.1 Å². The van der Waals surface area contributed by atoms with E-state index < -0.39 is 5.92 Å². The van der Waals surface area contributed by atoms with Crippen LogP contribution in [0.25, 0.3) is 10.9 Å². The zero-order valence-corrected chi connectivity index (χ0v) is 17.6. The van der Waals surface area contributed by atoms with Gasteiger partial charge in [0.25, 0.3) is 5.91 Å². The lowest BCUT2D eigenvalue weighted by atomic mass is 10.1. The molecule has 0 saturated carbocycles. The van der Waals surface area contributed by atoms with Crippen molar-refractivity contribution in [1.82, 2.24) is 20.2 Å². The third kappa shape index (κ3) is 4.49. The van der Waals surface area contributed by atoms with Crippen LogP contribution >= 0.6 is 11.3 Å². The number of halogens is 2. The lowest BCUT2D eigenvalue weighted by Crippen LogP contribution is -2.39. The number of aryl methyl sites for hydroxylation is 1. The highest BCUT2D eigenvalue weighted by atomic mass is 32.1. The number of fused-ring (bicyclic) bond motifs is 1. The summed E-state index contributed by atoms with van der Waals surface area (Å²) in [5.41, 5.74) is 3.96. The van der Waals surface area contributed by atoms with Gasteiger partial charge in [0, 0.05) is 48.0 Å². The van der Waals surface area contributed by atoms with Crippen LogP contribution in [0.5, 0.6) is 0 Å². The average molecular weight is 431 g/mol. The number of hydrogen-bond acceptors (Lipinski definition) is 5. The number of hydrogen-bond donors (Lipinski definition) is 1. The van der Waals surface area contributed by atoms with Crippen LogP contribution < -0.4 is 5.32 Å². The van der Waals surface area contributed by atoms with E-state index in [0.29, 0.717) is 31.6 Å². The first-order valence-electron chi connectivity index (χ1n) is 10.1. The van der Waals surface area contributed by atoms with Gasteiger partial charge < -0.3 is 5.32 Å². The Labute approximate surface area is 178 Å². The maximum Gasteiger partial charge on any atom is 0.252 e. The third-order valence-corrected chi connectivity index (χ3v) is 6.66. The van der Waals surface area contributed by atoms with Crippen LogP contribution in [0, 0.1) is 6.92 Å². The molecule has 3 aromatic rings. The average Bonchev–Trinajstić information content (AvgIpc) is 3.07. The van der Waals surface area contributed by atoms with Crippen molar-refractivity contribution in [2.24, 2.45) is 0 Å². The molecule has 8 heteroatoms. The summed E-state index contributed by atoms with van der Waals surface area (Å²) >= 11 is 1.51. The first-order chi connectivity index (χ1) is 14.4. The molecule has 1 unspecified atom stereocenters. The van der Waals surface area contributed by atoms with Crippen molar-refractivity contribution in [1.29, 1.82) is 0 Å². The van der Waals surface area contributed by atoms with Crippen molar-refractivity contribution < 1.29 is 13.6 Å². The fraction of sp³-hybridized carbons (Fsp3) is 0.409. The first-order valence-corrected chi connectivity index (χ1v) is 11.0. The molecule has 1 fully saturated rings. The van der Waals surface area contributed by atoms with Crippen LogP contribution in [0.4, 0.5) is 8.78 Å². The Hall–Kier alpha value is -2.45. The number of benzene rings is 1. The van der Waals surface area contributed by atoms with Crippen LogP contribution in [0.2, 0.25) is 0 Å². The minimum atomic E-state index is -2.62. The van der Waals surface area contributed by atoms with E-state index in [4.69, 9.17) is 0 Å². The van der Waals surface area contributed by atoms with Crippen LogP contribution in [0.3, 0.4) is 0 Å². The maximum atomic E-state index is 13.9. The second kappa shape index (κ2) is 8.73. The van der Waals surface area contributed by atoms with Crippen LogP contribution in [0.1, 0.15) is 46.2 Å². The molecule has 30 heavy (non-hydrogen) atoms. The number of thiazole rings is 1. The fourth-order valence-corrected chi connectivity index (χ4v) is 4.94. The van der Waals surface area contributed by atoms with E-state index in [1.54, 1.807) is 23.8 Å². The zero-order chi connectivity index (χ0) is 21.1. The summed E-state index contributed by atoms with van der Waals surface area (Å²) in [6, 6.07) is 8.96. The molecule has 0 radical (unpaired) electrons. The number of carbonyl (C=O) groups is 1. The van der Waals surface area contributed by atoms with Gasteiger partial charge in [-0.3, -0.25) is 14.7 Å². The van der Waals surface area contributed by atoms with Gasteiger partial charge in [0.05, 0.1) is 22.8 Å². The Balaban J connectivity index is 1.55. The largest absolute Gasteiger partial charge is 0.350 e. The molecule has 1 aliphatic rings. The zero-order valence-electron chi connectivity index (χ0n) is 16.8. The highest BCUT2D eigenvalue weighted by molar-refractivity contribution is 7.09. The summed E-state index contributed by atoms with van der Waals surface area (Å²) in [7, 11) is 0. The molecular formula is C22H24F2N4OS. The monoisotopic (exact) mass is 430 g/mol. The summed E-state index contributed by atoms with van der Waals surface area (Å²) in [6.07, 6.45) is 1.88. The van der Waals surface area contributed by atoms with Gasteiger partial charge in [-0.1, -0.05) is 12.1 Å². The van der Waals surface area contributed by atoms with E-state index >= 15 is 0 Å². The van der Waals surface area contributed by atoms with Crippen molar-refractivity contribution in [2.75, 3.05) is 19.6 Å². The maximum absolute atomic E-state index is 13.9. The van der Waals surface area contributed by atoms with Crippen molar-refractivity contribution in [3.05, 3.63) is 58.2 Å². The lowest BCUT2D eigenvalue weighted by molar-refractivity contribution is -0.0140. The van der Waals surface area contributed by atoms with E-state index in [-0.39, 0.29) is 24.8 Å². The second-order valence-electron chi connectivity index (χ2n) is 7.65. The van der Waals surface area contributed by atoms with Gasteiger partial charge in [-0.2, -0.15) is 0 Å². The normalized spacial score (nSPS) is 18.1. The number of pyridine rings is 1. The van der Waals surface area contributed by atoms with Gasteiger partial charge >= 0.3 is 0 Å². The number of carbonyl (C=O) groups excluding carboxylic acids is 1. The Kier molecular flexibility index (Phi) is 6.06. The van der Waals surface area contributed by atoms with Gasteiger partial charge in [0.1, 0.15) is 0 Å². The quantitative estimate of drug-likeness (QED) is 0.643. The van der Waals surface area contributed by atoms with Gasteiger partial charge in [0.15, 0.2) is 0 Å². The van der Waals surface area contributed by atoms with Gasteiger partial charge in [0.2, 0.25) is 5.92 Å². The lowest BCUT2D eigenvalue weighted by Gasteiger charge is -2.30. The minimum Gasteiger partial charge on any atom is -0.350 e. The van der Waals surface area contributed by atoms with Crippen molar-refractivity contribution in [3.8, 4) is 0 Å². The summed E-state index contributed by atoms with van der Waals surface area (Å²) in [5.74, 6) is -2.82. The van der Waals surface area contributed by atoms with E-state index in [2.05, 4.69) is 20.2 Å². The van der Waals surface area contributed by atoms with Gasteiger partial charge in [-0.25, -0.2) is 13.8 Å². The predicted octanol–water partition coefficient (Wildman–Crippen LogP) is 4.59. The molecular weight excluding hydrogens is 406 g/mol. The Morgan fingerprint density at radius 1 is 1.23 bits per heavy atom. The van der Waals surface area contributed by atoms with E-state index in [1.165, 1.54) is 11.3 Å². The molecule has 0 bridgehead atoms. The summed E-state index contributed by atoms with van der Waals surface area (Å²) in [4.78, 5) is 24.7. The Morgan fingerprint density at radius 2 is 2.10 bits per heavy atom. The number of likely N-dealkylation sites (tertiary alicyclic amines) is 1. The predicted molar refractivity (Wildman–Crippen MR) is 114 cm³/mol. The molecule has 4 rings (SSSR count). The molecule has 1 aliphatic heterocycles. The molecule has 1 atom stereocenters. The molecule has 5 nitrogen and oxygen atoms in total. The molecule has 1 N–H and O–H groups in total. The van der Waals surface area contributed by atoms with E-state index in [9.17, 15) is 13.6 Å². The minimum absolute atomic E-state index is 0.0900. The van der Waals surface area contributed by atoms with Gasteiger partial charge in [-0.05, 0) is 38.1 Å². The molecule has 1 aromatic carbocycles. The highest BCUT2D eigenvalue weighted by Crippen LogP contribution is 2.33. The third-order valence-electron chi connectivity index (χ3n) is 5.62. The molecule has 2 aromatic heterocycles. The fourth-order valence-electron chi connectivity index (χ4n) is 4.00. The Morgan fingerprint density at radius 3 is 2.90 bits per heavy atom. The van der Waals surface area contributed by atoms with Gasteiger partial charge in [-0.15, -0.1) is 11.3 Å². The molecule has 3 heterocycles. The molecule has 158 valence electrons. The highest BCUT2D eigenvalue weighted by Gasteiger charge is 2.35. The number of rotatable bonds is 5. The summed E-state index contributed by atoms with van der Waals surface area (Å²) < 4.78 is 27.8. The molecule has 1 amide bonds. The SMILES string of the molecule is Cc1ncsc1C(CNC(=O)c1cccc2ncccc12)N1CCCC(F)(F)CC1. The van der Waals surface area contributed by atoms with Crippen molar-refractivity contribution in [2.45, 2.75) is 38.2 Å². The van der Waals surface area contributed by atoms with Crippen LogP contribution in [-0.4, -0.2) is 46.3 Å². The summed E-state index contributed by atoms with van der Waals surface area (Å²) in [5, 5.41) is 3.82. The molecule has 1 saturated heterocycles. The van der Waals surface area contributed by atoms with Crippen LogP contribution in [0.15, 0.2) is 42.0 Å². The standard InChI is InChI=1S/C22H24F2N4OS/c1-15-20(30-14-27-15)19(28-11-4-8-22(23,24)9-12-28)13-26-21(29)17-5-2-7-18-16(17)6-3-10-25-18/h2-3,5-7,10,14,19H,4,8-9,11-13H2,1H3,(H,26,29). The van der Waals surface area contributed by atoms with Crippen LogP contribution in [-0.2, 0) is 0 Å². The van der Waals surface area contributed by atoms with Crippen molar-refractivity contribution in [3.63, 3.8) is 0 Å². The number of nitrogens with one attached hydrogen (secondary N) is 1.